The highest BCUT2D eigenvalue weighted by Gasteiger charge is 2.05. The number of carbonyl (C=O) groups is 6. The quantitative estimate of drug-likeness (QED) is 0.226. The predicted molar refractivity (Wildman–Crippen MR) is 250 cm³/mol. The van der Waals surface area contributed by atoms with Crippen molar-refractivity contribution in [2.75, 3.05) is 114 Å². The summed E-state index contributed by atoms with van der Waals surface area (Å²) in [7, 11) is -11.7. The Hall–Kier alpha value is -3.48. The fraction of sp³-hybridized carbons (Fsp3) is 0.818. The molecule has 3 atom stereocenters. The van der Waals surface area contributed by atoms with E-state index in [0.29, 0.717) is 30.5 Å². The summed E-state index contributed by atoms with van der Waals surface area (Å²) in [4.78, 5) is 63.3. The molecule has 3 unspecified atom stereocenters. The minimum atomic E-state index is -2.35. The number of methoxy groups -OCH3 is 2. The van der Waals surface area contributed by atoms with Crippen molar-refractivity contribution < 1.29 is 82.4 Å². The number of carbonyl (C=O) groups excluding carboxylic acids is 6. The normalized spacial score (nSPS) is 13.0. The van der Waals surface area contributed by atoms with Gasteiger partial charge in [0.2, 0.25) is 0 Å². The number of rotatable bonds is 9. The topological polar surface area (TPSA) is 334 Å². The van der Waals surface area contributed by atoms with Crippen LogP contribution in [0.25, 0.3) is 0 Å². The average molecular weight is 1030 g/mol. The SMILES string of the molecule is CCCOC(=O)N=S(C)(=O)CC.CCCOC(=O)N=S(C)(C)=O.CCOC(=O)N=S(C)(=O)CC.CCOC(=O)N=S(C)(C)=O.CCS(C)(=O)=NC(=O)OC.COC(=O)N=S(C)(C)=O. The monoisotopic (exact) mass is 1030 g/mol. The van der Waals surface area contributed by atoms with Crippen LogP contribution in [0.4, 0.5) is 28.8 Å². The van der Waals surface area contributed by atoms with Gasteiger partial charge in [-0.05, 0) is 26.7 Å². The molecule has 0 aliphatic heterocycles. The van der Waals surface area contributed by atoms with Gasteiger partial charge in [-0.15, -0.1) is 26.2 Å². The van der Waals surface area contributed by atoms with Crippen molar-refractivity contribution in [2.45, 2.75) is 61.3 Å². The van der Waals surface area contributed by atoms with Gasteiger partial charge in [0.25, 0.3) is 0 Å². The maximum absolute atomic E-state index is 11.3. The molecule has 6 amide bonds. The highest BCUT2D eigenvalue weighted by Crippen LogP contribution is 1.96. The zero-order chi connectivity index (χ0) is 51.3. The highest BCUT2D eigenvalue weighted by molar-refractivity contribution is 7.94. The first-order chi connectivity index (χ1) is 28.4. The van der Waals surface area contributed by atoms with Crippen LogP contribution < -0.4 is 0 Å². The van der Waals surface area contributed by atoms with E-state index >= 15 is 0 Å². The maximum Gasteiger partial charge on any atom is 0.441 e. The molecule has 0 aliphatic rings. The second kappa shape index (κ2) is 37.9. The van der Waals surface area contributed by atoms with Gasteiger partial charge in [-0.1, -0.05) is 34.6 Å². The molecule has 63 heavy (non-hydrogen) atoms. The van der Waals surface area contributed by atoms with Crippen molar-refractivity contribution in [3.63, 3.8) is 0 Å². The second-order valence-electron chi connectivity index (χ2n) is 12.4. The Morgan fingerprint density at radius 2 is 0.556 bits per heavy atom. The molecule has 24 nitrogen and oxygen atoms in total. The van der Waals surface area contributed by atoms with E-state index in [4.69, 9.17) is 0 Å². The zero-order valence-electron chi connectivity index (χ0n) is 39.8. The van der Waals surface area contributed by atoms with Crippen LogP contribution in [0.15, 0.2) is 26.2 Å². The van der Waals surface area contributed by atoms with Crippen molar-refractivity contribution in [3.8, 4) is 0 Å². The van der Waals surface area contributed by atoms with Crippen LogP contribution in [-0.2, 0) is 86.8 Å². The van der Waals surface area contributed by atoms with E-state index in [9.17, 15) is 54.0 Å². The number of hydrogen-bond donors (Lipinski definition) is 0. The van der Waals surface area contributed by atoms with Crippen LogP contribution in [0.1, 0.15) is 61.3 Å². The summed E-state index contributed by atoms with van der Waals surface area (Å²) in [5, 5.41) is 0. The molecule has 0 radical (unpaired) electrons. The minimum absolute atomic E-state index is 0.262. The molecule has 0 heterocycles. The molecule has 0 rings (SSSR count). The second-order valence-corrected chi connectivity index (χ2v) is 28.1. The number of hydrogen-bond acceptors (Lipinski definition) is 18. The smallest absolute Gasteiger partial charge is 0.441 e. The van der Waals surface area contributed by atoms with E-state index in [1.165, 1.54) is 70.5 Å². The molecule has 0 bridgehead atoms. The molecular formula is C33H72N6O18S6. The van der Waals surface area contributed by atoms with Crippen LogP contribution in [0.5, 0.6) is 0 Å². The molecule has 0 aromatic carbocycles. The molecule has 30 heteroatoms. The Morgan fingerprint density at radius 3 is 0.762 bits per heavy atom. The molecule has 0 saturated heterocycles. The average Bonchev–Trinajstić information content (AvgIpc) is 3.12. The lowest BCUT2D eigenvalue weighted by Gasteiger charge is -1.99. The lowest BCUT2D eigenvalue weighted by molar-refractivity contribution is 0.157. The number of ether oxygens (including phenoxy) is 6. The largest absolute Gasteiger partial charge is 0.451 e. The van der Waals surface area contributed by atoms with Crippen LogP contribution >= 0.6 is 0 Å². The van der Waals surface area contributed by atoms with Gasteiger partial charge in [-0.3, -0.25) is 0 Å². The van der Waals surface area contributed by atoms with Crippen molar-refractivity contribution in [3.05, 3.63) is 0 Å². The highest BCUT2D eigenvalue weighted by atomic mass is 32.2. The van der Waals surface area contributed by atoms with Gasteiger partial charge in [-0.2, -0.15) is 0 Å². The summed E-state index contributed by atoms with van der Waals surface area (Å²) in [6.45, 7) is 13.4. The molecule has 0 aliphatic carbocycles. The van der Waals surface area contributed by atoms with Crippen molar-refractivity contribution >= 4 is 94.9 Å². The lowest BCUT2D eigenvalue weighted by Crippen LogP contribution is -2.06. The third-order valence-electron chi connectivity index (χ3n) is 5.04. The third kappa shape index (κ3) is 65.3. The first kappa shape index (κ1) is 71.2. The van der Waals surface area contributed by atoms with Crippen molar-refractivity contribution in [2.24, 2.45) is 26.2 Å². The van der Waals surface area contributed by atoms with Crippen LogP contribution in [0.2, 0.25) is 0 Å². The Morgan fingerprint density at radius 1 is 0.349 bits per heavy atom. The third-order valence-corrected chi connectivity index (χ3v) is 11.6. The number of amides is 6. The van der Waals surface area contributed by atoms with Crippen molar-refractivity contribution in [1.29, 1.82) is 0 Å². The summed E-state index contributed by atoms with van der Waals surface area (Å²) in [6, 6.07) is 0. The Balaban J connectivity index is -0.000000155. The fourth-order valence-electron chi connectivity index (χ4n) is 2.01. The van der Waals surface area contributed by atoms with E-state index in [1.807, 2.05) is 13.8 Å². The molecule has 0 N–H and O–H groups in total. The molecular weight excluding hydrogens is 961 g/mol. The summed E-state index contributed by atoms with van der Waals surface area (Å²) in [6.07, 6.45) is 9.57. The Bertz CT molecular complexity index is 2170. The maximum atomic E-state index is 11.3. The summed E-state index contributed by atoms with van der Waals surface area (Å²) in [5.74, 6) is 1.10. The van der Waals surface area contributed by atoms with Gasteiger partial charge in [0, 0.05) is 73.6 Å². The first-order valence-corrected chi connectivity index (χ1v) is 31.6. The number of nitrogens with zero attached hydrogens (tertiary/aromatic N) is 6. The summed E-state index contributed by atoms with van der Waals surface area (Å²) < 4.78 is 112. The van der Waals surface area contributed by atoms with E-state index in [2.05, 4.69) is 54.6 Å². The predicted octanol–water partition coefficient (Wildman–Crippen LogP) is 6.39. The van der Waals surface area contributed by atoms with E-state index < -0.39 is 94.9 Å². The van der Waals surface area contributed by atoms with Gasteiger partial charge >= 0.3 is 36.6 Å². The standard InChI is InChI=1S/C7H15NO3S.2C6H13NO3S.2C5H11NO3S.C4H9NO3S/c1-4-6-11-7(9)8-12(3,10)5-2;1-4-5-10-6(8)7-11(2,3)9;1-4-10-6(8)7-11(3,9)5-2;1-4-9-5(7)6-10(2,3)8;1-4-10(3,8)6-5(7)9-2;1-8-4(6)5-9(2,3)7/h4-6H2,1-3H3;2*4-5H2,1-3H3;2*4H2,1-3H3;1-3H3. The van der Waals surface area contributed by atoms with Gasteiger partial charge in [0.15, 0.2) is 0 Å². The van der Waals surface area contributed by atoms with Gasteiger partial charge in [-0.25, -0.2) is 54.0 Å². The molecule has 0 fully saturated rings. The first-order valence-electron chi connectivity index (χ1n) is 18.3. The fourth-order valence-corrected chi connectivity index (χ4v) is 4.78. The van der Waals surface area contributed by atoms with E-state index in [1.54, 1.807) is 34.6 Å². The van der Waals surface area contributed by atoms with Crippen LogP contribution in [-0.4, -0.2) is 176 Å². The van der Waals surface area contributed by atoms with Crippen LogP contribution in [0.3, 0.4) is 0 Å². The van der Waals surface area contributed by atoms with Gasteiger partial charge < -0.3 is 28.4 Å². The lowest BCUT2D eigenvalue weighted by atomic mass is 10.5. The van der Waals surface area contributed by atoms with Crippen molar-refractivity contribution in [1.82, 2.24) is 0 Å². The molecule has 0 aromatic heterocycles. The minimum Gasteiger partial charge on any atom is -0.451 e. The molecule has 0 saturated carbocycles. The summed E-state index contributed by atoms with van der Waals surface area (Å²) >= 11 is 0. The molecule has 378 valence electrons. The van der Waals surface area contributed by atoms with E-state index in [0.717, 1.165) is 12.8 Å². The molecule has 0 aromatic rings. The van der Waals surface area contributed by atoms with Gasteiger partial charge in [0.05, 0.1) is 99.0 Å². The van der Waals surface area contributed by atoms with Crippen LogP contribution in [0, 0.1) is 0 Å². The molecule has 0 spiro atoms. The van der Waals surface area contributed by atoms with E-state index in [-0.39, 0.29) is 13.2 Å². The zero-order valence-corrected chi connectivity index (χ0v) is 44.7. The summed E-state index contributed by atoms with van der Waals surface area (Å²) in [5.41, 5.74) is 0. The Kier molecular flexibility index (Phi) is 42.8. The Labute approximate surface area is 377 Å². The van der Waals surface area contributed by atoms with Gasteiger partial charge in [0.1, 0.15) is 0 Å².